The largest absolute Gasteiger partial charge is 0.327 e. The summed E-state index contributed by atoms with van der Waals surface area (Å²) >= 11 is 11.7. The molecule has 0 fully saturated rings. The average Bonchev–Trinajstić information content (AvgIpc) is 2.20. The lowest BCUT2D eigenvalue weighted by molar-refractivity contribution is -0.119. The number of halogens is 2. The maximum atomic E-state index is 11.7. The number of amides is 1. The Morgan fingerprint density at radius 2 is 2.00 bits per heavy atom. The average molecular weight is 261 g/mol. The first kappa shape index (κ1) is 13.3. The van der Waals surface area contributed by atoms with Gasteiger partial charge in [-0.05, 0) is 25.1 Å². The lowest BCUT2D eigenvalue weighted by Gasteiger charge is -2.16. The number of benzene rings is 1. The molecule has 0 aliphatic heterocycles. The van der Waals surface area contributed by atoms with E-state index in [1.165, 1.54) is 0 Å². The van der Waals surface area contributed by atoms with Crippen LogP contribution in [0.1, 0.15) is 13.8 Å². The quantitative estimate of drug-likeness (QED) is 0.878. The Morgan fingerprint density at radius 3 is 2.50 bits per heavy atom. The molecule has 0 heterocycles. The topological polar surface area (TPSA) is 55.1 Å². The summed E-state index contributed by atoms with van der Waals surface area (Å²) in [6, 6.07) is 4.71. The normalized spacial score (nSPS) is 14.3. The van der Waals surface area contributed by atoms with Crippen molar-refractivity contribution in [2.45, 2.75) is 19.9 Å². The molecule has 1 rings (SSSR count). The summed E-state index contributed by atoms with van der Waals surface area (Å²) in [6.07, 6.45) is 0. The Bertz CT molecular complexity index is 394. The summed E-state index contributed by atoms with van der Waals surface area (Å²) in [4.78, 5) is 11.7. The molecule has 0 aliphatic rings. The number of anilines is 1. The minimum Gasteiger partial charge on any atom is -0.327 e. The third-order valence-corrected chi connectivity index (χ3v) is 2.94. The SMILES string of the molecule is CC(N)C(C)C(=O)Nc1ccc(Cl)cc1Cl. The van der Waals surface area contributed by atoms with E-state index in [9.17, 15) is 4.79 Å². The fourth-order valence-electron chi connectivity index (χ4n) is 1.08. The van der Waals surface area contributed by atoms with Crippen LogP contribution in [0.4, 0.5) is 5.69 Å². The van der Waals surface area contributed by atoms with Gasteiger partial charge in [-0.3, -0.25) is 4.79 Å². The molecule has 16 heavy (non-hydrogen) atoms. The highest BCUT2D eigenvalue weighted by molar-refractivity contribution is 6.36. The van der Waals surface area contributed by atoms with Gasteiger partial charge in [0.2, 0.25) is 5.91 Å². The summed E-state index contributed by atoms with van der Waals surface area (Å²) < 4.78 is 0. The van der Waals surface area contributed by atoms with E-state index >= 15 is 0 Å². The molecule has 0 saturated carbocycles. The van der Waals surface area contributed by atoms with Crippen LogP contribution in [0.3, 0.4) is 0 Å². The number of hydrogen-bond acceptors (Lipinski definition) is 2. The van der Waals surface area contributed by atoms with Crippen molar-refractivity contribution >= 4 is 34.8 Å². The van der Waals surface area contributed by atoms with Gasteiger partial charge < -0.3 is 11.1 Å². The molecule has 0 saturated heterocycles. The third kappa shape index (κ3) is 3.37. The van der Waals surface area contributed by atoms with Crippen LogP contribution < -0.4 is 11.1 Å². The summed E-state index contributed by atoms with van der Waals surface area (Å²) in [5.74, 6) is -0.425. The van der Waals surface area contributed by atoms with Gasteiger partial charge in [-0.1, -0.05) is 30.1 Å². The molecule has 3 N–H and O–H groups in total. The van der Waals surface area contributed by atoms with Gasteiger partial charge in [0.25, 0.3) is 0 Å². The monoisotopic (exact) mass is 260 g/mol. The maximum Gasteiger partial charge on any atom is 0.228 e. The fourth-order valence-corrected chi connectivity index (χ4v) is 1.53. The minimum atomic E-state index is -0.272. The number of nitrogens with one attached hydrogen (secondary N) is 1. The Hall–Kier alpha value is -0.770. The van der Waals surface area contributed by atoms with Crippen molar-refractivity contribution in [2.24, 2.45) is 11.7 Å². The summed E-state index contributed by atoms with van der Waals surface area (Å²) in [5, 5.41) is 3.65. The summed E-state index contributed by atoms with van der Waals surface area (Å²) in [6.45, 7) is 3.55. The molecule has 0 bridgehead atoms. The van der Waals surface area contributed by atoms with Gasteiger partial charge in [0, 0.05) is 11.1 Å². The smallest absolute Gasteiger partial charge is 0.228 e. The molecule has 0 aliphatic carbocycles. The first-order valence-electron chi connectivity index (χ1n) is 4.93. The summed E-state index contributed by atoms with van der Waals surface area (Å²) in [7, 11) is 0. The Kier molecular flexibility index (Phi) is 4.59. The minimum absolute atomic E-state index is 0.153. The van der Waals surface area contributed by atoms with Crippen molar-refractivity contribution in [3.05, 3.63) is 28.2 Å². The van der Waals surface area contributed by atoms with Gasteiger partial charge in [0.05, 0.1) is 16.6 Å². The Balaban J connectivity index is 2.77. The van der Waals surface area contributed by atoms with E-state index in [1.54, 1.807) is 32.0 Å². The molecule has 1 aromatic rings. The molecule has 1 aromatic carbocycles. The standard InChI is InChI=1S/C11H14Cl2N2O/c1-6(7(2)14)11(16)15-10-4-3-8(12)5-9(10)13/h3-7H,14H2,1-2H3,(H,15,16). The van der Waals surface area contributed by atoms with E-state index in [0.29, 0.717) is 15.7 Å². The molecule has 3 nitrogen and oxygen atoms in total. The molecule has 0 aromatic heterocycles. The zero-order valence-electron chi connectivity index (χ0n) is 9.13. The second-order valence-corrected chi connectivity index (χ2v) is 4.60. The zero-order chi connectivity index (χ0) is 12.3. The number of carbonyl (C=O) groups excluding carboxylic acids is 1. The highest BCUT2D eigenvalue weighted by atomic mass is 35.5. The van der Waals surface area contributed by atoms with Crippen LogP contribution in [0.5, 0.6) is 0 Å². The van der Waals surface area contributed by atoms with E-state index in [4.69, 9.17) is 28.9 Å². The van der Waals surface area contributed by atoms with Gasteiger partial charge in [0.15, 0.2) is 0 Å². The van der Waals surface area contributed by atoms with Gasteiger partial charge in [-0.2, -0.15) is 0 Å². The van der Waals surface area contributed by atoms with Crippen LogP contribution in [0, 0.1) is 5.92 Å². The Morgan fingerprint density at radius 1 is 1.38 bits per heavy atom. The van der Waals surface area contributed by atoms with E-state index in [0.717, 1.165) is 0 Å². The van der Waals surface area contributed by atoms with Gasteiger partial charge >= 0.3 is 0 Å². The first-order chi connectivity index (χ1) is 7.41. The second-order valence-electron chi connectivity index (χ2n) is 3.76. The summed E-state index contributed by atoms with van der Waals surface area (Å²) in [5.41, 5.74) is 6.18. The predicted octanol–water partition coefficient (Wildman–Crippen LogP) is 2.92. The molecule has 5 heteroatoms. The maximum absolute atomic E-state index is 11.7. The number of carbonyl (C=O) groups is 1. The predicted molar refractivity (Wildman–Crippen MR) is 67.9 cm³/mol. The molecule has 0 spiro atoms. The highest BCUT2D eigenvalue weighted by Gasteiger charge is 2.17. The van der Waals surface area contributed by atoms with Gasteiger partial charge in [-0.15, -0.1) is 0 Å². The van der Waals surface area contributed by atoms with Crippen LogP contribution >= 0.6 is 23.2 Å². The highest BCUT2D eigenvalue weighted by Crippen LogP contribution is 2.25. The third-order valence-electron chi connectivity index (χ3n) is 2.39. The van der Waals surface area contributed by atoms with Crippen LogP contribution in [0.25, 0.3) is 0 Å². The molecule has 1 amide bonds. The number of nitrogens with two attached hydrogens (primary N) is 1. The van der Waals surface area contributed by atoms with Crippen molar-refractivity contribution in [3.63, 3.8) is 0 Å². The van der Waals surface area contributed by atoms with E-state index in [1.807, 2.05) is 0 Å². The van der Waals surface area contributed by atoms with Crippen molar-refractivity contribution < 1.29 is 4.79 Å². The number of hydrogen-bond donors (Lipinski definition) is 2. The van der Waals surface area contributed by atoms with Crippen LogP contribution in [-0.2, 0) is 4.79 Å². The molecule has 88 valence electrons. The van der Waals surface area contributed by atoms with Crippen molar-refractivity contribution in [1.82, 2.24) is 0 Å². The van der Waals surface area contributed by atoms with Crippen LogP contribution in [0.2, 0.25) is 10.0 Å². The van der Waals surface area contributed by atoms with E-state index in [2.05, 4.69) is 5.32 Å². The van der Waals surface area contributed by atoms with Crippen LogP contribution in [-0.4, -0.2) is 11.9 Å². The molecule has 0 radical (unpaired) electrons. The molecular formula is C11H14Cl2N2O. The lowest BCUT2D eigenvalue weighted by Crippen LogP contribution is -2.34. The van der Waals surface area contributed by atoms with Crippen molar-refractivity contribution in [3.8, 4) is 0 Å². The number of rotatable bonds is 3. The fraction of sp³-hybridized carbons (Fsp3) is 0.364. The second kappa shape index (κ2) is 5.53. The first-order valence-corrected chi connectivity index (χ1v) is 5.69. The van der Waals surface area contributed by atoms with Crippen molar-refractivity contribution in [1.29, 1.82) is 0 Å². The lowest BCUT2D eigenvalue weighted by atomic mass is 10.0. The molecular weight excluding hydrogens is 247 g/mol. The van der Waals surface area contributed by atoms with Crippen molar-refractivity contribution in [2.75, 3.05) is 5.32 Å². The molecule has 2 atom stereocenters. The molecule has 2 unspecified atom stereocenters. The van der Waals surface area contributed by atoms with E-state index in [-0.39, 0.29) is 17.9 Å². The van der Waals surface area contributed by atoms with E-state index < -0.39 is 0 Å². The van der Waals surface area contributed by atoms with Gasteiger partial charge in [0.1, 0.15) is 0 Å². The van der Waals surface area contributed by atoms with Gasteiger partial charge in [-0.25, -0.2) is 0 Å². The Labute approximate surface area is 105 Å². The van der Waals surface area contributed by atoms with Crippen LogP contribution in [0.15, 0.2) is 18.2 Å². The zero-order valence-corrected chi connectivity index (χ0v) is 10.6.